The Bertz CT molecular complexity index is 561. The molecule has 0 radical (unpaired) electrons. The molecule has 0 fully saturated rings. The van der Waals surface area contributed by atoms with E-state index in [9.17, 15) is 0 Å². The molecule has 1 aromatic heterocycles. The van der Waals surface area contributed by atoms with Crippen molar-refractivity contribution in [1.29, 1.82) is 0 Å². The second-order valence-corrected chi connectivity index (χ2v) is 6.18. The van der Waals surface area contributed by atoms with Crippen LogP contribution in [-0.2, 0) is 6.54 Å². The first-order valence-corrected chi connectivity index (χ1v) is 8.30. The van der Waals surface area contributed by atoms with Gasteiger partial charge in [-0.15, -0.1) is 35.3 Å². The third-order valence-electron chi connectivity index (χ3n) is 2.71. The van der Waals surface area contributed by atoms with Gasteiger partial charge in [0.15, 0.2) is 5.96 Å². The molecule has 1 heterocycles. The molecule has 2 aromatic rings. The Kier molecular flexibility index (Phi) is 9.49. The zero-order valence-electron chi connectivity index (χ0n) is 12.2. The van der Waals surface area contributed by atoms with E-state index in [1.165, 1.54) is 4.88 Å². The van der Waals surface area contributed by atoms with Crippen LogP contribution in [0.3, 0.4) is 0 Å². The molecular formula is C15H19BrIN3OS. The minimum Gasteiger partial charge on any atom is -0.492 e. The summed E-state index contributed by atoms with van der Waals surface area (Å²) in [6.45, 7) is 2.06. The number of rotatable bonds is 6. The van der Waals surface area contributed by atoms with Crippen LogP contribution in [0.1, 0.15) is 4.88 Å². The van der Waals surface area contributed by atoms with Crippen molar-refractivity contribution in [1.82, 2.24) is 10.6 Å². The Morgan fingerprint density at radius 2 is 2.00 bits per heavy atom. The normalized spacial score (nSPS) is 10.7. The van der Waals surface area contributed by atoms with Gasteiger partial charge >= 0.3 is 0 Å². The van der Waals surface area contributed by atoms with Crippen LogP contribution in [0.2, 0.25) is 0 Å². The second-order valence-electron chi connectivity index (χ2n) is 4.23. The van der Waals surface area contributed by atoms with Crippen LogP contribution >= 0.6 is 51.2 Å². The van der Waals surface area contributed by atoms with E-state index in [0.717, 1.165) is 22.7 Å². The van der Waals surface area contributed by atoms with Crippen molar-refractivity contribution in [2.24, 2.45) is 4.99 Å². The van der Waals surface area contributed by atoms with Crippen molar-refractivity contribution < 1.29 is 4.74 Å². The van der Waals surface area contributed by atoms with Gasteiger partial charge in [-0.05, 0) is 35.7 Å². The van der Waals surface area contributed by atoms with Gasteiger partial charge in [0.25, 0.3) is 0 Å². The van der Waals surface area contributed by atoms with E-state index in [1.54, 1.807) is 18.4 Å². The smallest absolute Gasteiger partial charge is 0.191 e. The largest absolute Gasteiger partial charge is 0.492 e. The number of thiophene rings is 1. The van der Waals surface area contributed by atoms with Crippen LogP contribution in [-0.4, -0.2) is 26.2 Å². The molecule has 0 atom stereocenters. The van der Waals surface area contributed by atoms with E-state index in [4.69, 9.17) is 4.74 Å². The van der Waals surface area contributed by atoms with Crippen LogP contribution < -0.4 is 15.4 Å². The second kappa shape index (κ2) is 10.8. The Morgan fingerprint density at radius 1 is 1.23 bits per heavy atom. The first-order chi connectivity index (χ1) is 10.3. The molecule has 1 aromatic carbocycles. The average molecular weight is 496 g/mol. The molecule has 0 saturated carbocycles. The zero-order chi connectivity index (χ0) is 14.9. The highest BCUT2D eigenvalue weighted by molar-refractivity contribution is 14.0. The summed E-state index contributed by atoms with van der Waals surface area (Å²) in [5.74, 6) is 1.64. The van der Waals surface area contributed by atoms with Gasteiger partial charge in [-0.2, -0.15) is 0 Å². The molecule has 120 valence electrons. The monoisotopic (exact) mass is 495 g/mol. The Labute approximate surface area is 160 Å². The van der Waals surface area contributed by atoms with Gasteiger partial charge < -0.3 is 15.4 Å². The summed E-state index contributed by atoms with van der Waals surface area (Å²) in [6.07, 6.45) is 0. The fourth-order valence-electron chi connectivity index (χ4n) is 1.67. The number of benzene rings is 1. The summed E-state index contributed by atoms with van der Waals surface area (Å²) in [6, 6.07) is 11.9. The summed E-state index contributed by atoms with van der Waals surface area (Å²) in [5.41, 5.74) is 0. The summed E-state index contributed by atoms with van der Waals surface area (Å²) in [5, 5.41) is 8.56. The molecule has 7 heteroatoms. The minimum atomic E-state index is 0. The van der Waals surface area contributed by atoms with Crippen molar-refractivity contribution in [2.75, 3.05) is 20.2 Å². The highest BCUT2D eigenvalue weighted by atomic mass is 127. The lowest BCUT2D eigenvalue weighted by Crippen LogP contribution is -2.38. The van der Waals surface area contributed by atoms with Gasteiger partial charge in [0, 0.05) is 16.4 Å². The highest BCUT2D eigenvalue weighted by Gasteiger charge is 1.99. The molecule has 0 saturated heterocycles. The predicted octanol–water partition coefficient (Wildman–Crippen LogP) is 3.87. The lowest BCUT2D eigenvalue weighted by molar-refractivity contribution is 0.322. The molecule has 0 aliphatic heterocycles. The lowest BCUT2D eigenvalue weighted by atomic mass is 10.3. The van der Waals surface area contributed by atoms with Crippen LogP contribution in [0.15, 0.2) is 51.2 Å². The van der Waals surface area contributed by atoms with E-state index in [1.807, 2.05) is 30.3 Å². The number of nitrogens with one attached hydrogen (secondary N) is 2. The van der Waals surface area contributed by atoms with Crippen molar-refractivity contribution in [3.63, 3.8) is 0 Å². The van der Waals surface area contributed by atoms with Gasteiger partial charge in [0.1, 0.15) is 12.4 Å². The first kappa shape index (κ1) is 19.2. The molecule has 22 heavy (non-hydrogen) atoms. The van der Waals surface area contributed by atoms with E-state index >= 15 is 0 Å². The van der Waals surface area contributed by atoms with Crippen molar-refractivity contribution >= 4 is 57.2 Å². The summed E-state index contributed by atoms with van der Waals surface area (Å²) >= 11 is 5.13. The molecule has 0 spiro atoms. The Morgan fingerprint density at radius 3 is 2.64 bits per heavy atom. The van der Waals surface area contributed by atoms with E-state index in [2.05, 4.69) is 43.0 Å². The molecule has 0 aliphatic carbocycles. The van der Waals surface area contributed by atoms with Crippen molar-refractivity contribution in [3.05, 3.63) is 51.1 Å². The van der Waals surface area contributed by atoms with Gasteiger partial charge in [-0.1, -0.05) is 22.0 Å². The molecular weight excluding hydrogens is 477 g/mol. The van der Waals surface area contributed by atoms with Crippen molar-refractivity contribution in [2.45, 2.75) is 6.54 Å². The van der Waals surface area contributed by atoms with Gasteiger partial charge in [-0.3, -0.25) is 4.99 Å². The van der Waals surface area contributed by atoms with Crippen LogP contribution in [0, 0.1) is 0 Å². The quantitative estimate of drug-likeness (QED) is 0.277. The molecule has 4 nitrogen and oxygen atoms in total. The maximum Gasteiger partial charge on any atom is 0.191 e. The number of halogens is 2. The van der Waals surface area contributed by atoms with Crippen molar-refractivity contribution in [3.8, 4) is 5.75 Å². The summed E-state index contributed by atoms with van der Waals surface area (Å²) < 4.78 is 6.69. The maximum atomic E-state index is 5.64. The number of hydrogen-bond acceptors (Lipinski definition) is 3. The molecule has 2 rings (SSSR count). The number of ether oxygens (including phenoxy) is 1. The summed E-state index contributed by atoms with van der Waals surface area (Å²) in [7, 11) is 1.76. The number of nitrogens with zero attached hydrogens (tertiary/aromatic N) is 1. The molecule has 0 bridgehead atoms. The molecule has 0 amide bonds. The fraction of sp³-hybridized carbons (Fsp3) is 0.267. The molecule has 2 N–H and O–H groups in total. The van der Waals surface area contributed by atoms with Crippen LogP contribution in [0.5, 0.6) is 5.75 Å². The zero-order valence-corrected chi connectivity index (χ0v) is 16.9. The van der Waals surface area contributed by atoms with Gasteiger partial charge in [0.05, 0.1) is 13.1 Å². The third-order valence-corrected chi connectivity index (χ3v) is 4.12. The van der Waals surface area contributed by atoms with E-state index in [0.29, 0.717) is 13.2 Å². The number of aliphatic imine (C=N–C) groups is 1. The Hall–Kier alpha value is -0.800. The van der Waals surface area contributed by atoms with Crippen LogP contribution in [0.25, 0.3) is 0 Å². The standard InChI is InChI=1S/C15H18BrN3OS.HI/c1-17-15(19-11-14-3-2-10-21-14)18-8-9-20-13-6-4-12(16)5-7-13;/h2-7,10H,8-9,11H2,1H3,(H2,17,18,19);1H. The van der Waals surface area contributed by atoms with E-state index in [-0.39, 0.29) is 24.0 Å². The topological polar surface area (TPSA) is 45.7 Å². The number of hydrogen-bond donors (Lipinski definition) is 2. The number of guanidine groups is 1. The third kappa shape index (κ3) is 6.97. The summed E-state index contributed by atoms with van der Waals surface area (Å²) in [4.78, 5) is 5.46. The van der Waals surface area contributed by atoms with Crippen LogP contribution in [0.4, 0.5) is 0 Å². The Balaban J connectivity index is 0.00000242. The minimum absolute atomic E-state index is 0. The highest BCUT2D eigenvalue weighted by Crippen LogP contribution is 2.15. The fourth-order valence-corrected chi connectivity index (χ4v) is 2.58. The van der Waals surface area contributed by atoms with E-state index < -0.39 is 0 Å². The lowest BCUT2D eigenvalue weighted by Gasteiger charge is -2.12. The van der Waals surface area contributed by atoms with Gasteiger partial charge in [0.2, 0.25) is 0 Å². The molecule has 0 unspecified atom stereocenters. The van der Waals surface area contributed by atoms with Gasteiger partial charge in [-0.25, -0.2) is 0 Å². The predicted molar refractivity (Wildman–Crippen MR) is 108 cm³/mol. The SMILES string of the molecule is CN=C(NCCOc1ccc(Br)cc1)NCc1cccs1.I. The average Bonchev–Trinajstić information content (AvgIpc) is 3.02. The first-order valence-electron chi connectivity index (χ1n) is 6.63. The molecule has 0 aliphatic rings. The maximum absolute atomic E-state index is 5.64.